The fourth-order valence-corrected chi connectivity index (χ4v) is 4.00. The number of phenolic OH excluding ortho intramolecular Hbond substituents is 1. The van der Waals surface area contributed by atoms with Gasteiger partial charge < -0.3 is 49.1 Å². The average Bonchev–Trinajstić information content (AvgIpc) is 2.90. The number of aliphatic carboxylic acids is 1. The Balaban J connectivity index is 3.07. The molecule has 0 aliphatic rings. The van der Waals surface area contributed by atoms with E-state index in [0.29, 0.717) is 37.9 Å². The van der Waals surface area contributed by atoms with E-state index in [-0.39, 0.29) is 43.3 Å². The maximum absolute atomic E-state index is 13.4. The van der Waals surface area contributed by atoms with Gasteiger partial charge in [-0.25, -0.2) is 4.79 Å². The van der Waals surface area contributed by atoms with Crippen molar-refractivity contribution in [1.82, 2.24) is 16.0 Å². The van der Waals surface area contributed by atoms with Crippen molar-refractivity contribution in [2.75, 3.05) is 13.1 Å². The predicted octanol–water partition coefficient (Wildman–Crippen LogP) is -0.970. The molecule has 0 heterocycles. The number of nitrogens with one attached hydrogen (secondary N) is 3. The number of rotatable bonds is 19. The van der Waals surface area contributed by atoms with E-state index in [4.69, 9.17) is 22.9 Å². The van der Waals surface area contributed by atoms with Crippen LogP contribution >= 0.6 is 0 Å². The third kappa shape index (κ3) is 14.3. The Morgan fingerprint density at radius 2 is 1.44 bits per heavy atom. The molecule has 3 amide bonds. The average molecular weight is 579 g/mol. The van der Waals surface area contributed by atoms with E-state index >= 15 is 0 Å². The Hall–Kier alpha value is -3.91. The largest absolute Gasteiger partial charge is 0.508 e. The zero-order valence-corrected chi connectivity index (χ0v) is 23.8. The second-order valence-corrected chi connectivity index (χ2v) is 10.4. The number of carboxylic acids is 1. The molecule has 0 spiro atoms. The number of unbranched alkanes of at least 4 members (excludes halogenated alkanes) is 1. The van der Waals surface area contributed by atoms with Crippen LogP contribution < -0.4 is 38.9 Å². The van der Waals surface area contributed by atoms with E-state index < -0.39 is 47.9 Å². The van der Waals surface area contributed by atoms with Gasteiger partial charge >= 0.3 is 5.97 Å². The van der Waals surface area contributed by atoms with E-state index in [1.807, 2.05) is 13.8 Å². The van der Waals surface area contributed by atoms with Crippen molar-refractivity contribution in [1.29, 1.82) is 0 Å². The van der Waals surface area contributed by atoms with Gasteiger partial charge in [0, 0.05) is 13.0 Å². The molecule has 14 nitrogen and oxygen atoms in total. The summed E-state index contributed by atoms with van der Waals surface area (Å²) in [6.07, 6.45) is 2.29. The lowest BCUT2D eigenvalue weighted by Crippen LogP contribution is -2.57. The van der Waals surface area contributed by atoms with Gasteiger partial charge in [0.25, 0.3) is 0 Å². The zero-order chi connectivity index (χ0) is 30.9. The van der Waals surface area contributed by atoms with Crippen molar-refractivity contribution in [2.24, 2.45) is 33.8 Å². The van der Waals surface area contributed by atoms with Crippen LogP contribution in [0.3, 0.4) is 0 Å². The minimum absolute atomic E-state index is 0.00690. The molecule has 0 aliphatic heterocycles. The summed E-state index contributed by atoms with van der Waals surface area (Å²) >= 11 is 0. The predicted molar refractivity (Wildman–Crippen MR) is 155 cm³/mol. The van der Waals surface area contributed by atoms with E-state index in [1.54, 1.807) is 12.1 Å². The molecule has 1 aromatic carbocycles. The molecule has 0 aromatic heterocycles. The first kappa shape index (κ1) is 35.1. The summed E-state index contributed by atoms with van der Waals surface area (Å²) in [7, 11) is 0. The van der Waals surface area contributed by atoms with Crippen molar-refractivity contribution < 1.29 is 29.4 Å². The number of aliphatic imine (C=N–C) groups is 1. The van der Waals surface area contributed by atoms with E-state index in [0.717, 1.165) is 0 Å². The molecule has 1 rings (SSSR count). The summed E-state index contributed by atoms with van der Waals surface area (Å²) in [4.78, 5) is 55.1. The number of nitrogens with zero attached hydrogens (tertiary/aromatic N) is 1. The SMILES string of the molecule is CC(C)CC(NC(=O)C(N)CCCN=C(N)N)C(=O)NC(Cc1ccc(O)cc1)C(=O)NC(CCCCN)C(=O)O. The molecule has 4 atom stereocenters. The highest BCUT2D eigenvalue weighted by atomic mass is 16.4. The van der Waals surface area contributed by atoms with E-state index in [9.17, 15) is 29.4 Å². The van der Waals surface area contributed by atoms with Gasteiger partial charge in [0.15, 0.2) is 5.96 Å². The number of carbonyl (C=O) groups is 4. The van der Waals surface area contributed by atoms with Crippen LogP contribution in [0.2, 0.25) is 0 Å². The Kier molecular flexibility index (Phi) is 15.8. The molecule has 0 saturated heterocycles. The number of guanidine groups is 1. The van der Waals surface area contributed by atoms with Crippen molar-refractivity contribution >= 4 is 29.7 Å². The van der Waals surface area contributed by atoms with Gasteiger partial charge in [-0.3, -0.25) is 19.4 Å². The first-order chi connectivity index (χ1) is 19.3. The van der Waals surface area contributed by atoms with Crippen LogP contribution in [0.4, 0.5) is 0 Å². The molecule has 1 aromatic rings. The van der Waals surface area contributed by atoms with Gasteiger partial charge in [0.05, 0.1) is 6.04 Å². The fraction of sp³-hybridized carbons (Fsp3) is 0.593. The van der Waals surface area contributed by atoms with Gasteiger partial charge in [-0.2, -0.15) is 0 Å². The number of carboxylic acid groups (broad SMARTS) is 1. The molecule has 0 bridgehead atoms. The highest BCUT2D eigenvalue weighted by Crippen LogP contribution is 2.13. The topological polar surface area (TPSA) is 261 Å². The van der Waals surface area contributed by atoms with Crippen LogP contribution in [-0.4, -0.2) is 77.1 Å². The number of amides is 3. The lowest BCUT2D eigenvalue weighted by molar-refractivity contribution is -0.142. The summed E-state index contributed by atoms with van der Waals surface area (Å²) < 4.78 is 0. The minimum Gasteiger partial charge on any atom is -0.508 e. The lowest BCUT2D eigenvalue weighted by Gasteiger charge is -2.26. The first-order valence-corrected chi connectivity index (χ1v) is 13.8. The molecule has 0 aliphatic carbocycles. The van der Waals surface area contributed by atoms with Crippen LogP contribution in [0.25, 0.3) is 0 Å². The maximum atomic E-state index is 13.4. The fourth-order valence-electron chi connectivity index (χ4n) is 4.00. The van der Waals surface area contributed by atoms with Gasteiger partial charge in [-0.15, -0.1) is 0 Å². The number of benzene rings is 1. The molecule has 41 heavy (non-hydrogen) atoms. The number of hydrogen-bond acceptors (Lipinski definition) is 8. The van der Waals surface area contributed by atoms with Crippen molar-refractivity contribution in [2.45, 2.75) is 83.0 Å². The summed E-state index contributed by atoms with van der Waals surface area (Å²) in [5, 5.41) is 27.1. The molecule has 4 unspecified atom stereocenters. The number of carbonyl (C=O) groups excluding carboxylic acids is 3. The minimum atomic E-state index is -1.20. The molecule has 0 saturated carbocycles. The zero-order valence-electron chi connectivity index (χ0n) is 23.8. The molecule has 0 radical (unpaired) electrons. The van der Waals surface area contributed by atoms with Gasteiger partial charge in [0.1, 0.15) is 23.9 Å². The molecule has 14 heteroatoms. The van der Waals surface area contributed by atoms with Crippen molar-refractivity contribution in [3.63, 3.8) is 0 Å². The molecular formula is C27H46N8O6. The first-order valence-electron chi connectivity index (χ1n) is 13.8. The van der Waals surface area contributed by atoms with Crippen molar-refractivity contribution in [3.8, 4) is 5.75 Å². The van der Waals surface area contributed by atoms with Gasteiger partial charge in [-0.05, 0) is 68.7 Å². The van der Waals surface area contributed by atoms with Gasteiger partial charge in [0.2, 0.25) is 17.7 Å². The maximum Gasteiger partial charge on any atom is 0.326 e. The Morgan fingerprint density at radius 1 is 0.854 bits per heavy atom. The third-order valence-electron chi connectivity index (χ3n) is 6.22. The Bertz CT molecular complexity index is 1010. The lowest BCUT2D eigenvalue weighted by atomic mass is 10.00. The van der Waals surface area contributed by atoms with Crippen LogP contribution in [0.1, 0.15) is 57.9 Å². The highest BCUT2D eigenvalue weighted by molar-refractivity contribution is 5.94. The van der Waals surface area contributed by atoms with E-state index in [1.165, 1.54) is 12.1 Å². The third-order valence-corrected chi connectivity index (χ3v) is 6.22. The van der Waals surface area contributed by atoms with Crippen LogP contribution in [0.5, 0.6) is 5.75 Å². The molecule has 13 N–H and O–H groups in total. The molecular weight excluding hydrogens is 532 g/mol. The smallest absolute Gasteiger partial charge is 0.326 e. The van der Waals surface area contributed by atoms with Crippen LogP contribution in [-0.2, 0) is 25.6 Å². The standard InChI is InChI=1S/C27H46N8O6/c1-16(2)14-21(34-23(37)19(29)6-5-13-32-27(30)31)24(38)35-22(15-17-8-10-18(36)11-9-17)25(39)33-20(26(40)41)7-3-4-12-28/h8-11,16,19-22,36H,3-7,12-15,28-29H2,1-2H3,(H,33,39)(H,34,37)(H,35,38)(H,40,41)(H4,30,31,32). The second-order valence-electron chi connectivity index (χ2n) is 10.4. The summed E-state index contributed by atoms with van der Waals surface area (Å²) in [5.41, 5.74) is 22.7. The molecule has 0 fully saturated rings. The quantitative estimate of drug-likeness (QED) is 0.0551. The normalized spacial score (nSPS) is 13.9. The van der Waals surface area contributed by atoms with Crippen molar-refractivity contribution in [3.05, 3.63) is 29.8 Å². The molecule has 230 valence electrons. The summed E-state index contributed by atoms with van der Waals surface area (Å²) in [6, 6.07) is 1.82. The van der Waals surface area contributed by atoms with Gasteiger partial charge in [-0.1, -0.05) is 26.0 Å². The summed E-state index contributed by atoms with van der Waals surface area (Å²) in [5.74, 6) is -3.09. The van der Waals surface area contributed by atoms with Crippen LogP contribution in [0, 0.1) is 5.92 Å². The number of aromatic hydroxyl groups is 1. The highest BCUT2D eigenvalue weighted by Gasteiger charge is 2.30. The Morgan fingerprint density at radius 3 is 2.00 bits per heavy atom. The second kappa shape index (κ2) is 18.4. The number of nitrogens with two attached hydrogens (primary N) is 4. The number of phenols is 1. The summed E-state index contributed by atoms with van der Waals surface area (Å²) in [6.45, 7) is 4.45. The monoisotopic (exact) mass is 578 g/mol. The Labute approximate surface area is 240 Å². The van der Waals surface area contributed by atoms with Crippen LogP contribution in [0.15, 0.2) is 29.3 Å². The van der Waals surface area contributed by atoms with E-state index in [2.05, 4.69) is 20.9 Å². The number of hydrogen-bond donors (Lipinski definition) is 9.